The summed E-state index contributed by atoms with van der Waals surface area (Å²) in [6.07, 6.45) is 0.395. The molecule has 2 nitrogen and oxygen atoms in total. The third kappa shape index (κ3) is 1.70. The number of halogens is 3. The van der Waals surface area contributed by atoms with Gasteiger partial charge in [-0.15, -0.1) is 0 Å². The summed E-state index contributed by atoms with van der Waals surface area (Å²) in [5, 5.41) is 0. The standard InChI is InChI=1S/C8H5BrF2O2/c1-13-8-4(3-12)2-5(10)7(11)6(8)9/h2-3H,1H3. The van der Waals surface area contributed by atoms with Crippen LogP contribution < -0.4 is 4.74 Å². The maximum absolute atomic E-state index is 12.9. The van der Waals surface area contributed by atoms with Crippen LogP contribution in [0.2, 0.25) is 0 Å². The number of hydrogen-bond donors (Lipinski definition) is 0. The molecule has 1 aromatic carbocycles. The molecule has 13 heavy (non-hydrogen) atoms. The van der Waals surface area contributed by atoms with Crippen molar-refractivity contribution in [2.24, 2.45) is 0 Å². The maximum Gasteiger partial charge on any atom is 0.176 e. The molecule has 0 aliphatic heterocycles. The Morgan fingerprint density at radius 1 is 1.54 bits per heavy atom. The van der Waals surface area contributed by atoms with Crippen molar-refractivity contribution in [3.8, 4) is 5.75 Å². The number of carbonyl (C=O) groups excluding carboxylic acids is 1. The molecule has 70 valence electrons. The number of ether oxygens (including phenoxy) is 1. The van der Waals surface area contributed by atoms with E-state index in [-0.39, 0.29) is 15.8 Å². The monoisotopic (exact) mass is 250 g/mol. The Morgan fingerprint density at radius 2 is 2.15 bits per heavy atom. The molecule has 0 atom stereocenters. The van der Waals surface area contributed by atoms with Crippen LogP contribution in [0.3, 0.4) is 0 Å². The van der Waals surface area contributed by atoms with Crippen LogP contribution in [0.15, 0.2) is 10.5 Å². The molecule has 0 spiro atoms. The van der Waals surface area contributed by atoms with Gasteiger partial charge in [0.25, 0.3) is 0 Å². The van der Waals surface area contributed by atoms with E-state index in [4.69, 9.17) is 4.74 Å². The van der Waals surface area contributed by atoms with Crippen LogP contribution in [-0.2, 0) is 0 Å². The van der Waals surface area contributed by atoms with Gasteiger partial charge in [0.1, 0.15) is 5.75 Å². The van der Waals surface area contributed by atoms with Gasteiger partial charge in [-0.2, -0.15) is 0 Å². The van der Waals surface area contributed by atoms with E-state index in [1.165, 1.54) is 7.11 Å². The molecule has 0 radical (unpaired) electrons. The van der Waals surface area contributed by atoms with Gasteiger partial charge in [-0.3, -0.25) is 4.79 Å². The fraction of sp³-hybridized carbons (Fsp3) is 0.125. The van der Waals surface area contributed by atoms with Gasteiger partial charge >= 0.3 is 0 Å². The molecule has 0 amide bonds. The molecule has 0 unspecified atom stereocenters. The third-order valence-corrected chi connectivity index (χ3v) is 2.19. The highest BCUT2D eigenvalue weighted by atomic mass is 79.9. The Labute approximate surface area is 81.6 Å². The summed E-state index contributed by atoms with van der Waals surface area (Å²) in [4.78, 5) is 10.4. The third-order valence-electron chi connectivity index (χ3n) is 1.48. The number of methoxy groups -OCH3 is 1. The molecule has 0 heterocycles. The molecule has 0 saturated heterocycles. The van der Waals surface area contributed by atoms with E-state index in [1.54, 1.807) is 0 Å². The van der Waals surface area contributed by atoms with Crippen molar-refractivity contribution >= 4 is 22.2 Å². The van der Waals surface area contributed by atoms with Crippen molar-refractivity contribution in [3.63, 3.8) is 0 Å². The molecule has 0 aliphatic rings. The van der Waals surface area contributed by atoms with Crippen LogP contribution in [0.5, 0.6) is 5.75 Å². The van der Waals surface area contributed by atoms with Gasteiger partial charge in [-0.25, -0.2) is 8.78 Å². The molecule has 0 N–H and O–H groups in total. The topological polar surface area (TPSA) is 26.3 Å². The Balaban J connectivity index is 3.47. The summed E-state index contributed by atoms with van der Waals surface area (Å²) < 4.78 is 30.1. The molecule has 0 saturated carbocycles. The van der Waals surface area contributed by atoms with E-state index < -0.39 is 11.6 Å². The van der Waals surface area contributed by atoms with Crippen LogP contribution in [0, 0.1) is 11.6 Å². The predicted octanol–water partition coefficient (Wildman–Crippen LogP) is 2.55. The Morgan fingerprint density at radius 3 is 2.62 bits per heavy atom. The van der Waals surface area contributed by atoms with Gasteiger partial charge in [0.2, 0.25) is 0 Å². The average molecular weight is 251 g/mol. The summed E-state index contributed by atoms with van der Waals surface area (Å²) in [5.74, 6) is -2.16. The molecule has 0 bridgehead atoms. The number of hydrogen-bond acceptors (Lipinski definition) is 2. The van der Waals surface area contributed by atoms with Gasteiger partial charge in [-0.05, 0) is 22.0 Å². The number of aldehydes is 1. The van der Waals surface area contributed by atoms with Crippen molar-refractivity contribution in [1.29, 1.82) is 0 Å². The number of benzene rings is 1. The largest absolute Gasteiger partial charge is 0.495 e. The second kappa shape index (κ2) is 3.83. The average Bonchev–Trinajstić information content (AvgIpc) is 2.13. The fourth-order valence-electron chi connectivity index (χ4n) is 0.892. The van der Waals surface area contributed by atoms with Crippen molar-refractivity contribution in [2.45, 2.75) is 0 Å². The molecular weight excluding hydrogens is 246 g/mol. The van der Waals surface area contributed by atoms with E-state index in [0.717, 1.165) is 6.07 Å². The first-order chi connectivity index (χ1) is 6.11. The zero-order valence-corrected chi connectivity index (χ0v) is 8.19. The highest BCUT2D eigenvalue weighted by molar-refractivity contribution is 9.10. The predicted molar refractivity (Wildman–Crippen MR) is 46.0 cm³/mol. The SMILES string of the molecule is COc1c(C=O)cc(F)c(F)c1Br. The number of carbonyl (C=O) groups is 1. The van der Waals surface area contributed by atoms with Crippen LogP contribution in [-0.4, -0.2) is 13.4 Å². The second-order valence-corrected chi connectivity index (χ2v) is 3.02. The van der Waals surface area contributed by atoms with Gasteiger partial charge in [0.05, 0.1) is 17.1 Å². The highest BCUT2D eigenvalue weighted by Crippen LogP contribution is 2.32. The van der Waals surface area contributed by atoms with Gasteiger partial charge in [0.15, 0.2) is 17.9 Å². The Hall–Kier alpha value is -0.970. The smallest absolute Gasteiger partial charge is 0.176 e. The summed E-state index contributed by atoms with van der Waals surface area (Å²) in [6, 6.07) is 0.784. The quantitative estimate of drug-likeness (QED) is 0.596. The summed E-state index contributed by atoms with van der Waals surface area (Å²) in [6.45, 7) is 0. The zero-order chi connectivity index (χ0) is 10.0. The molecule has 0 aliphatic carbocycles. The van der Waals surface area contributed by atoms with Crippen molar-refractivity contribution in [3.05, 3.63) is 27.7 Å². The van der Waals surface area contributed by atoms with E-state index in [0.29, 0.717) is 6.29 Å². The maximum atomic E-state index is 12.9. The molecule has 1 rings (SSSR count). The minimum Gasteiger partial charge on any atom is -0.495 e. The van der Waals surface area contributed by atoms with E-state index in [9.17, 15) is 13.6 Å². The summed E-state index contributed by atoms with van der Waals surface area (Å²) in [7, 11) is 1.27. The summed E-state index contributed by atoms with van der Waals surface area (Å²) >= 11 is 2.78. The van der Waals surface area contributed by atoms with Crippen LogP contribution in [0.25, 0.3) is 0 Å². The van der Waals surface area contributed by atoms with Crippen molar-refractivity contribution in [1.82, 2.24) is 0 Å². The number of rotatable bonds is 2. The van der Waals surface area contributed by atoms with Gasteiger partial charge in [-0.1, -0.05) is 0 Å². The van der Waals surface area contributed by atoms with Gasteiger partial charge < -0.3 is 4.74 Å². The van der Waals surface area contributed by atoms with Gasteiger partial charge in [0, 0.05) is 0 Å². The molecular formula is C8H5BrF2O2. The Bertz CT molecular complexity index is 352. The first kappa shape index (κ1) is 10.1. The molecule has 5 heteroatoms. The Kier molecular flexibility index (Phi) is 2.98. The minimum absolute atomic E-state index is 0.00565. The van der Waals surface area contributed by atoms with Crippen molar-refractivity contribution < 1.29 is 18.3 Å². The van der Waals surface area contributed by atoms with E-state index in [2.05, 4.69) is 15.9 Å². The lowest BCUT2D eigenvalue weighted by atomic mass is 10.2. The van der Waals surface area contributed by atoms with Crippen LogP contribution in [0.4, 0.5) is 8.78 Å². The zero-order valence-electron chi connectivity index (χ0n) is 6.61. The lowest BCUT2D eigenvalue weighted by molar-refractivity contribution is 0.112. The first-order valence-corrected chi connectivity index (χ1v) is 4.07. The van der Waals surface area contributed by atoms with Crippen molar-refractivity contribution in [2.75, 3.05) is 7.11 Å². The molecule has 0 aromatic heterocycles. The molecule has 0 fully saturated rings. The highest BCUT2D eigenvalue weighted by Gasteiger charge is 2.16. The lowest BCUT2D eigenvalue weighted by Crippen LogP contribution is -1.97. The normalized spacial score (nSPS) is 9.85. The van der Waals surface area contributed by atoms with E-state index in [1.807, 2.05) is 0 Å². The fourth-order valence-corrected chi connectivity index (χ4v) is 1.47. The molecule has 1 aromatic rings. The first-order valence-electron chi connectivity index (χ1n) is 3.28. The van der Waals surface area contributed by atoms with Crippen LogP contribution >= 0.6 is 15.9 Å². The second-order valence-electron chi connectivity index (χ2n) is 2.23. The lowest BCUT2D eigenvalue weighted by Gasteiger charge is -2.06. The summed E-state index contributed by atoms with van der Waals surface area (Å²) in [5.41, 5.74) is -0.0340. The van der Waals surface area contributed by atoms with Crippen LogP contribution in [0.1, 0.15) is 10.4 Å². The minimum atomic E-state index is -1.09. The van der Waals surface area contributed by atoms with E-state index >= 15 is 0 Å².